The van der Waals surface area contributed by atoms with Gasteiger partial charge in [-0.1, -0.05) is 59.8 Å². The van der Waals surface area contributed by atoms with Gasteiger partial charge in [-0.25, -0.2) is 0 Å². The van der Waals surface area contributed by atoms with Gasteiger partial charge in [-0.15, -0.1) is 0 Å². The van der Waals surface area contributed by atoms with E-state index in [2.05, 4.69) is 5.16 Å². The van der Waals surface area contributed by atoms with Gasteiger partial charge >= 0.3 is 11.8 Å². The van der Waals surface area contributed by atoms with Crippen molar-refractivity contribution in [1.82, 2.24) is 0 Å². The predicted molar refractivity (Wildman–Crippen MR) is 74.7 cm³/mol. The van der Waals surface area contributed by atoms with Crippen molar-refractivity contribution < 1.29 is 22.8 Å². The third kappa shape index (κ3) is 2.68. The lowest BCUT2D eigenvalue weighted by atomic mass is 9.95. The van der Waals surface area contributed by atoms with Crippen molar-refractivity contribution in [2.75, 3.05) is 0 Å². The molecule has 2 aromatic carbocycles. The zero-order chi connectivity index (χ0) is 16.4. The minimum Gasteiger partial charge on any atom is -0.411 e. The van der Waals surface area contributed by atoms with Gasteiger partial charge in [0.05, 0.1) is 5.71 Å². The smallest absolute Gasteiger partial charge is 0.339 e. The summed E-state index contributed by atoms with van der Waals surface area (Å²) in [6.45, 7) is 1.46. The molecule has 2 aromatic rings. The molecule has 0 bridgehead atoms. The quantitative estimate of drug-likeness (QED) is 0.375. The SMILES string of the molecule is C/C(=N/O)c1ccc(C(F)(F)C(F)(F)c2ccccc2)cc1. The molecule has 0 spiro atoms. The van der Waals surface area contributed by atoms with Crippen molar-refractivity contribution in [3.05, 3.63) is 71.3 Å². The summed E-state index contributed by atoms with van der Waals surface area (Å²) in [5, 5.41) is 11.5. The molecule has 2 rings (SSSR count). The molecule has 0 aliphatic carbocycles. The van der Waals surface area contributed by atoms with Crippen molar-refractivity contribution in [2.24, 2.45) is 5.16 Å². The average molecular weight is 311 g/mol. The molecule has 1 N–H and O–H groups in total. The lowest BCUT2D eigenvalue weighted by Gasteiger charge is -2.27. The first-order valence-corrected chi connectivity index (χ1v) is 6.41. The van der Waals surface area contributed by atoms with Crippen LogP contribution in [0.1, 0.15) is 23.6 Å². The minimum atomic E-state index is -4.36. The first-order valence-electron chi connectivity index (χ1n) is 6.41. The van der Waals surface area contributed by atoms with Gasteiger partial charge in [0.2, 0.25) is 0 Å². The van der Waals surface area contributed by atoms with E-state index < -0.39 is 23.0 Å². The first-order chi connectivity index (χ1) is 10.3. The predicted octanol–water partition coefficient (Wildman–Crippen LogP) is 4.77. The van der Waals surface area contributed by atoms with Gasteiger partial charge in [-0.2, -0.15) is 17.6 Å². The number of hydrogen-bond donors (Lipinski definition) is 1. The summed E-state index contributed by atoms with van der Waals surface area (Å²) in [6.07, 6.45) is 0. The van der Waals surface area contributed by atoms with Crippen molar-refractivity contribution in [1.29, 1.82) is 0 Å². The second-order valence-electron chi connectivity index (χ2n) is 4.78. The van der Waals surface area contributed by atoms with Crippen LogP contribution in [-0.4, -0.2) is 10.9 Å². The zero-order valence-electron chi connectivity index (χ0n) is 11.6. The number of halogens is 4. The number of benzene rings is 2. The topological polar surface area (TPSA) is 32.6 Å². The highest BCUT2D eigenvalue weighted by Crippen LogP contribution is 2.49. The number of rotatable bonds is 4. The maximum absolute atomic E-state index is 14.2. The zero-order valence-corrected chi connectivity index (χ0v) is 11.6. The monoisotopic (exact) mass is 311 g/mol. The molecule has 0 fully saturated rings. The Morgan fingerprint density at radius 1 is 0.818 bits per heavy atom. The molecule has 22 heavy (non-hydrogen) atoms. The van der Waals surface area contributed by atoms with Crippen LogP contribution in [0.3, 0.4) is 0 Å². The Balaban J connectivity index is 2.41. The molecule has 6 heteroatoms. The van der Waals surface area contributed by atoms with Crippen LogP contribution in [0.15, 0.2) is 59.8 Å². The fraction of sp³-hybridized carbons (Fsp3) is 0.188. The van der Waals surface area contributed by atoms with Crippen molar-refractivity contribution in [3.63, 3.8) is 0 Å². The van der Waals surface area contributed by atoms with E-state index in [0.29, 0.717) is 5.56 Å². The molecule has 0 heterocycles. The summed E-state index contributed by atoms with van der Waals surface area (Å²) < 4.78 is 56.7. The second-order valence-corrected chi connectivity index (χ2v) is 4.78. The number of alkyl halides is 4. The van der Waals surface area contributed by atoms with E-state index in [0.717, 1.165) is 24.3 Å². The Hall–Kier alpha value is -2.37. The molecule has 0 unspecified atom stereocenters. The van der Waals surface area contributed by atoms with E-state index in [9.17, 15) is 17.6 Å². The van der Waals surface area contributed by atoms with E-state index in [4.69, 9.17) is 5.21 Å². The van der Waals surface area contributed by atoms with Crippen LogP contribution in [0.4, 0.5) is 17.6 Å². The summed E-state index contributed by atoms with van der Waals surface area (Å²) in [5.74, 6) is -8.70. The van der Waals surface area contributed by atoms with E-state index in [-0.39, 0.29) is 5.71 Å². The van der Waals surface area contributed by atoms with Gasteiger partial charge in [0.15, 0.2) is 0 Å². The Kier molecular flexibility index (Phi) is 4.21. The van der Waals surface area contributed by atoms with Crippen molar-refractivity contribution in [2.45, 2.75) is 18.8 Å². The fourth-order valence-electron chi connectivity index (χ4n) is 1.99. The van der Waals surface area contributed by atoms with Crippen molar-refractivity contribution in [3.8, 4) is 0 Å². The summed E-state index contributed by atoms with van der Waals surface area (Å²) >= 11 is 0. The summed E-state index contributed by atoms with van der Waals surface area (Å²) in [6, 6.07) is 10.2. The standard InChI is InChI=1S/C16H13F4NO/c1-11(21-22)12-7-9-14(10-8-12)16(19,20)15(17,18)13-5-3-2-4-6-13/h2-10,22H,1H3/b21-11-. The Labute approximate surface area is 124 Å². The number of nitrogens with zero attached hydrogens (tertiary/aromatic N) is 1. The van der Waals surface area contributed by atoms with E-state index in [1.54, 1.807) is 0 Å². The van der Waals surface area contributed by atoms with Gasteiger partial charge in [0, 0.05) is 11.1 Å². The third-order valence-corrected chi connectivity index (χ3v) is 3.35. The lowest BCUT2D eigenvalue weighted by Crippen LogP contribution is -2.35. The van der Waals surface area contributed by atoms with Crippen LogP contribution in [0.2, 0.25) is 0 Å². The molecule has 0 aliphatic rings. The minimum absolute atomic E-state index is 0.199. The highest BCUT2D eigenvalue weighted by atomic mass is 19.3. The molecular formula is C16H13F4NO. The van der Waals surface area contributed by atoms with Gasteiger partial charge in [-0.05, 0) is 12.5 Å². The van der Waals surface area contributed by atoms with Crippen molar-refractivity contribution >= 4 is 5.71 Å². The van der Waals surface area contributed by atoms with Crippen LogP contribution >= 0.6 is 0 Å². The lowest BCUT2D eigenvalue weighted by molar-refractivity contribution is -0.223. The number of hydrogen-bond acceptors (Lipinski definition) is 2. The Bertz CT molecular complexity index is 666. The molecule has 0 aliphatic heterocycles. The molecule has 116 valence electrons. The maximum atomic E-state index is 14.2. The largest absolute Gasteiger partial charge is 0.411 e. The molecule has 0 saturated carbocycles. The molecule has 0 atom stereocenters. The molecule has 0 radical (unpaired) electrons. The molecular weight excluding hydrogens is 298 g/mol. The second kappa shape index (κ2) is 5.79. The highest BCUT2D eigenvalue weighted by Gasteiger charge is 2.58. The molecule has 2 nitrogen and oxygen atoms in total. The van der Waals surface area contributed by atoms with Crippen LogP contribution in [0.5, 0.6) is 0 Å². The molecule has 0 aromatic heterocycles. The highest BCUT2D eigenvalue weighted by molar-refractivity contribution is 5.98. The van der Waals surface area contributed by atoms with Crippen LogP contribution in [0, 0.1) is 0 Å². The average Bonchev–Trinajstić information content (AvgIpc) is 2.54. The van der Waals surface area contributed by atoms with Gasteiger partial charge in [0.1, 0.15) is 0 Å². The van der Waals surface area contributed by atoms with Crippen LogP contribution in [0.25, 0.3) is 0 Å². The summed E-state index contributed by atoms with van der Waals surface area (Å²) in [5.41, 5.74) is -0.997. The first kappa shape index (κ1) is 16.0. The number of oxime groups is 1. The Morgan fingerprint density at radius 3 is 1.73 bits per heavy atom. The van der Waals surface area contributed by atoms with Gasteiger partial charge in [-0.3, -0.25) is 0 Å². The van der Waals surface area contributed by atoms with E-state index in [1.807, 2.05) is 0 Å². The van der Waals surface area contributed by atoms with Gasteiger partial charge in [0.25, 0.3) is 0 Å². The van der Waals surface area contributed by atoms with Crippen LogP contribution < -0.4 is 0 Å². The van der Waals surface area contributed by atoms with Crippen LogP contribution in [-0.2, 0) is 11.8 Å². The summed E-state index contributed by atoms with van der Waals surface area (Å²) in [4.78, 5) is 0. The third-order valence-electron chi connectivity index (χ3n) is 3.35. The summed E-state index contributed by atoms with van der Waals surface area (Å²) in [7, 11) is 0. The van der Waals surface area contributed by atoms with E-state index in [1.165, 1.54) is 37.3 Å². The normalized spacial score (nSPS) is 13.2. The van der Waals surface area contributed by atoms with Gasteiger partial charge < -0.3 is 5.21 Å². The fourth-order valence-corrected chi connectivity index (χ4v) is 1.99. The van der Waals surface area contributed by atoms with E-state index >= 15 is 0 Å². The molecule has 0 amide bonds. The maximum Gasteiger partial charge on any atom is 0.339 e. The molecule has 0 saturated heterocycles. The Morgan fingerprint density at radius 2 is 1.27 bits per heavy atom.